The van der Waals surface area contributed by atoms with Gasteiger partial charge in [0.15, 0.2) is 5.75 Å². The monoisotopic (exact) mass is 633 g/mol. The molecule has 3 rings (SSSR count). The molecule has 0 spiro atoms. The number of pyridine rings is 1. The number of rotatable bonds is 13. The van der Waals surface area contributed by atoms with E-state index in [1.54, 1.807) is 12.3 Å². The number of benzene rings is 2. The molecule has 0 saturated carbocycles. The van der Waals surface area contributed by atoms with Crippen molar-refractivity contribution in [3.63, 3.8) is 0 Å². The van der Waals surface area contributed by atoms with Gasteiger partial charge in [-0.25, -0.2) is 4.79 Å². The van der Waals surface area contributed by atoms with E-state index in [1.807, 2.05) is 50.2 Å². The van der Waals surface area contributed by atoms with E-state index in [1.165, 1.54) is 0 Å². The lowest BCUT2D eigenvalue weighted by atomic mass is 9.98. The van der Waals surface area contributed by atoms with Crippen LogP contribution in [0.3, 0.4) is 0 Å². The largest absolute Gasteiger partial charge is 0.490 e. The van der Waals surface area contributed by atoms with Gasteiger partial charge in [0, 0.05) is 9.77 Å². The molecule has 2 aromatic carbocycles. The van der Waals surface area contributed by atoms with E-state index in [-0.39, 0.29) is 49.9 Å². The summed E-state index contributed by atoms with van der Waals surface area (Å²) in [5.41, 5.74) is 0.632. The first kappa shape index (κ1) is 27.7. The fourth-order valence-electron chi connectivity index (χ4n) is 3.36. The summed E-state index contributed by atoms with van der Waals surface area (Å²) < 4.78 is 29.2. The van der Waals surface area contributed by atoms with E-state index < -0.39 is 11.6 Å². The summed E-state index contributed by atoms with van der Waals surface area (Å²) in [4.78, 5) is 18.0. The smallest absolute Gasteiger partial charge is 0.343 e. The molecule has 0 bridgehead atoms. The molecule has 0 saturated heterocycles. The van der Waals surface area contributed by atoms with Crippen LogP contribution < -0.4 is 9.47 Å². The number of hydrogen-bond donors (Lipinski definition) is 0. The van der Waals surface area contributed by atoms with Crippen LogP contribution in [0, 0.1) is 3.57 Å². The first-order chi connectivity index (χ1) is 16.9. The molecule has 0 N–H and O–H groups in total. The Balaban J connectivity index is 2.04. The maximum absolute atomic E-state index is 13.5. The maximum atomic E-state index is 13.5. The summed E-state index contributed by atoms with van der Waals surface area (Å²) in [5.74, 6) is 0.177. The lowest BCUT2D eigenvalue weighted by molar-refractivity contribution is -0.00358. The van der Waals surface area contributed by atoms with Gasteiger partial charge in [-0.3, -0.25) is 4.98 Å². The number of alkyl halides is 2. The standard InChI is InChI=1S/C25H26Cl2INO6/c1-25(2,17-6-4-3-5-7-17)35-24(30)18-14-20(33-12-10-31-15-26)21-19(28)8-9-29-22(21)23(18)34-13-11-32-16-27/h3-9,14H,10-13,15-16H2,1-2H3. The number of carbonyl (C=O) groups is 1. The van der Waals surface area contributed by atoms with Crippen LogP contribution in [-0.4, -0.2) is 49.5 Å². The van der Waals surface area contributed by atoms with Gasteiger partial charge >= 0.3 is 5.97 Å². The Morgan fingerprint density at radius 2 is 1.63 bits per heavy atom. The minimum Gasteiger partial charge on any atom is -0.490 e. The van der Waals surface area contributed by atoms with Crippen molar-refractivity contribution in [2.75, 3.05) is 38.6 Å². The van der Waals surface area contributed by atoms with Gasteiger partial charge in [-0.15, -0.1) is 0 Å². The number of nitrogens with zero attached hydrogens (tertiary/aromatic N) is 1. The van der Waals surface area contributed by atoms with Gasteiger partial charge in [-0.2, -0.15) is 0 Å². The molecule has 0 atom stereocenters. The predicted octanol–water partition coefficient (Wildman–Crippen LogP) is 6.11. The molecule has 35 heavy (non-hydrogen) atoms. The summed E-state index contributed by atoms with van der Waals surface area (Å²) in [6.45, 7) is 4.60. The molecule has 0 fully saturated rings. The normalized spacial score (nSPS) is 11.5. The Kier molecular flexibility index (Phi) is 10.7. The molecule has 0 amide bonds. The van der Waals surface area contributed by atoms with E-state index >= 15 is 0 Å². The number of halogens is 3. The van der Waals surface area contributed by atoms with E-state index in [2.05, 4.69) is 27.6 Å². The summed E-state index contributed by atoms with van der Waals surface area (Å²) in [6, 6.07) is 13.1. The predicted molar refractivity (Wildman–Crippen MR) is 144 cm³/mol. The molecule has 0 aliphatic heterocycles. The van der Waals surface area contributed by atoms with Gasteiger partial charge in [0.05, 0.1) is 18.6 Å². The van der Waals surface area contributed by atoms with Crippen LogP contribution in [0.5, 0.6) is 11.5 Å². The Bertz CT molecular complexity index is 1130. The van der Waals surface area contributed by atoms with Crippen molar-refractivity contribution in [1.82, 2.24) is 4.98 Å². The Morgan fingerprint density at radius 3 is 2.29 bits per heavy atom. The molecule has 7 nitrogen and oxygen atoms in total. The van der Waals surface area contributed by atoms with Crippen LogP contribution in [0.25, 0.3) is 10.9 Å². The second kappa shape index (κ2) is 13.5. The lowest BCUT2D eigenvalue weighted by Gasteiger charge is -2.26. The van der Waals surface area contributed by atoms with Crippen molar-refractivity contribution in [3.8, 4) is 11.5 Å². The fraction of sp³-hybridized carbons (Fsp3) is 0.360. The van der Waals surface area contributed by atoms with Gasteiger partial charge in [0.25, 0.3) is 0 Å². The fourth-order valence-corrected chi connectivity index (χ4v) is 4.26. The molecular weight excluding hydrogens is 608 g/mol. The van der Waals surface area contributed by atoms with Crippen molar-refractivity contribution in [2.45, 2.75) is 19.4 Å². The lowest BCUT2D eigenvalue weighted by Crippen LogP contribution is -2.26. The van der Waals surface area contributed by atoms with E-state index in [9.17, 15) is 4.79 Å². The first-order valence-electron chi connectivity index (χ1n) is 10.8. The third-order valence-corrected chi connectivity index (χ3v) is 6.24. The van der Waals surface area contributed by atoms with Crippen molar-refractivity contribution in [1.29, 1.82) is 0 Å². The first-order valence-corrected chi connectivity index (χ1v) is 13.0. The van der Waals surface area contributed by atoms with Gasteiger partial charge < -0.3 is 23.7 Å². The second-order valence-corrected chi connectivity index (χ2v) is 9.36. The van der Waals surface area contributed by atoms with Crippen molar-refractivity contribution >= 4 is 62.7 Å². The Morgan fingerprint density at radius 1 is 0.971 bits per heavy atom. The van der Waals surface area contributed by atoms with Crippen LogP contribution >= 0.6 is 45.8 Å². The van der Waals surface area contributed by atoms with E-state index in [0.717, 1.165) is 9.13 Å². The van der Waals surface area contributed by atoms with Crippen LogP contribution in [0.2, 0.25) is 0 Å². The summed E-state index contributed by atoms with van der Waals surface area (Å²) in [7, 11) is 0. The van der Waals surface area contributed by atoms with Gasteiger partial charge in [-0.1, -0.05) is 53.5 Å². The number of ether oxygens (including phenoxy) is 5. The summed E-state index contributed by atoms with van der Waals surface area (Å²) in [6.07, 6.45) is 1.65. The molecule has 10 heteroatoms. The highest BCUT2D eigenvalue weighted by Gasteiger charge is 2.30. The Hall–Kier alpha value is -1.85. The molecule has 1 aromatic heterocycles. The molecule has 0 radical (unpaired) electrons. The molecule has 1 heterocycles. The third kappa shape index (κ3) is 7.33. The quantitative estimate of drug-likeness (QED) is 0.0972. The molecule has 0 aliphatic carbocycles. The zero-order chi connectivity index (χ0) is 25.3. The minimum atomic E-state index is -0.889. The highest BCUT2D eigenvalue weighted by Crippen LogP contribution is 2.39. The number of carbonyl (C=O) groups excluding carboxylic acids is 1. The summed E-state index contributed by atoms with van der Waals surface area (Å²) >= 11 is 13.4. The SMILES string of the molecule is CC(C)(OC(=O)c1cc(OCCOCCl)c2c(I)ccnc2c1OCCOCCl)c1ccccc1. The molecular formula is C25H26Cl2INO6. The van der Waals surface area contributed by atoms with Crippen molar-refractivity contribution in [3.05, 3.63) is 63.4 Å². The van der Waals surface area contributed by atoms with Crippen LogP contribution in [0.4, 0.5) is 0 Å². The third-order valence-electron chi connectivity index (χ3n) is 5.03. The number of hydrogen-bond acceptors (Lipinski definition) is 7. The van der Waals surface area contributed by atoms with Crippen LogP contribution in [-0.2, 0) is 19.8 Å². The van der Waals surface area contributed by atoms with Gasteiger partial charge in [-0.05, 0) is 54.1 Å². The molecule has 188 valence electrons. The van der Waals surface area contributed by atoms with Crippen molar-refractivity contribution < 1.29 is 28.5 Å². The average Bonchev–Trinajstić information content (AvgIpc) is 2.85. The van der Waals surface area contributed by atoms with Gasteiger partial charge in [0.1, 0.15) is 47.8 Å². The average molecular weight is 634 g/mol. The number of aromatic nitrogens is 1. The highest BCUT2D eigenvalue weighted by atomic mass is 127. The zero-order valence-electron chi connectivity index (χ0n) is 19.4. The maximum Gasteiger partial charge on any atom is 0.343 e. The van der Waals surface area contributed by atoms with E-state index in [4.69, 9.17) is 46.9 Å². The molecule has 0 aliphatic rings. The van der Waals surface area contributed by atoms with Crippen molar-refractivity contribution in [2.24, 2.45) is 0 Å². The van der Waals surface area contributed by atoms with Gasteiger partial charge in [0.2, 0.25) is 0 Å². The van der Waals surface area contributed by atoms with Crippen LogP contribution in [0.1, 0.15) is 29.8 Å². The second-order valence-electron chi connectivity index (χ2n) is 7.77. The highest BCUT2D eigenvalue weighted by molar-refractivity contribution is 14.1. The topological polar surface area (TPSA) is 76.1 Å². The molecule has 3 aromatic rings. The number of esters is 1. The number of fused-ring (bicyclic) bond motifs is 1. The Labute approximate surface area is 228 Å². The molecule has 0 unspecified atom stereocenters. The summed E-state index contributed by atoms with van der Waals surface area (Å²) in [5, 5.41) is 0.714. The minimum absolute atomic E-state index is 0.0393. The van der Waals surface area contributed by atoms with Crippen LogP contribution in [0.15, 0.2) is 48.7 Å². The zero-order valence-corrected chi connectivity index (χ0v) is 23.1. The van der Waals surface area contributed by atoms with E-state index in [0.29, 0.717) is 16.7 Å².